The molecule has 132 valence electrons. The molecule has 1 saturated heterocycles. The van der Waals surface area contributed by atoms with Gasteiger partial charge in [0, 0.05) is 10.2 Å². The highest BCUT2D eigenvalue weighted by Gasteiger charge is 2.36. The highest BCUT2D eigenvalue weighted by molar-refractivity contribution is 9.10. The fraction of sp³-hybridized carbons (Fsp3) is 0.0556. The van der Waals surface area contributed by atoms with Crippen molar-refractivity contribution in [3.8, 4) is 5.75 Å². The van der Waals surface area contributed by atoms with Crippen LogP contribution in [0.15, 0.2) is 57.9 Å². The van der Waals surface area contributed by atoms with Gasteiger partial charge in [0.2, 0.25) is 5.91 Å². The number of nitrogens with zero attached hydrogens (tertiary/aromatic N) is 1. The predicted octanol–water partition coefficient (Wildman–Crippen LogP) is 3.83. The first-order valence-electron chi connectivity index (χ1n) is 7.52. The third kappa shape index (κ3) is 4.33. The zero-order valence-corrected chi connectivity index (χ0v) is 15.7. The lowest BCUT2D eigenvalue weighted by molar-refractivity contribution is -0.127. The maximum atomic E-state index is 12.4. The Kier molecular flexibility index (Phi) is 5.43. The van der Waals surface area contributed by atoms with Gasteiger partial charge in [-0.15, -0.1) is 0 Å². The number of hydrogen-bond acceptors (Lipinski definition) is 5. The first-order valence-corrected chi connectivity index (χ1v) is 9.13. The fourth-order valence-electron chi connectivity index (χ4n) is 2.28. The molecule has 0 aliphatic carbocycles. The van der Waals surface area contributed by atoms with Crippen molar-refractivity contribution in [3.05, 3.63) is 63.5 Å². The van der Waals surface area contributed by atoms with E-state index in [1.807, 2.05) is 0 Å². The van der Waals surface area contributed by atoms with E-state index in [1.165, 1.54) is 18.2 Å². The largest absolute Gasteiger partial charge is 0.508 e. The van der Waals surface area contributed by atoms with Gasteiger partial charge in [-0.1, -0.05) is 28.1 Å². The summed E-state index contributed by atoms with van der Waals surface area (Å²) in [6.45, 7) is -0.363. The second-order valence-corrected chi connectivity index (χ2v) is 7.33. The van der Waals surface area contributed by atoms with Crippen LogP contribution in [0.4, 0.5) is 10.5 Å². The molecule has 1 aliphatic rings. The van der Waals surface area contributed by atoms with Crippen LogP contribution < -0.4 is 5.32 Å². The van der Waals surface area contributed by atoms with E-state index in [2.05, 4.69) is 21.2 Å². The molecule has 0 atom stereocenters. The van der Waals surface area contributed by atoms with Crippen molar-refractivity contribution in [2.45, 2.75) is 0 Å². The van der Waals surface area contributed by atoms with Crippen molar-refractivity contribution < 1.29 is 19.5 Å². The topological polar surface area (TPSA) is 86.7 Å². The van der Waals surface area contributed by atoms with E-state index in [9.17, 15) is 19.5 Å². The minimum absolute atomic E-state index is 0.0619. The summed E-state index contributed by atoms with van der Waals surface area (Å²) in [6, 6.07) is 13.3. The molecule has 3 rings (SSSR count). The summed E-state index contributed by atoms with van der Waals surface area (Å²) in [5, 5.41) is 11.6. The van der Waals surface area contributed by atoms with E-state index in [-0.39, 0.29) is 17.2 Å². The molecule has 2 N–H and O–H groups in total. The van der Waals surface area contributed by atoms with Crippen molar-refractivity contribution in [2.24, 2.45) is 0 Å². The third-order valence-corrected chi connectivity index (χ3v) is 4.91. The molecule has 8 heteroatoms. The summed E-state index contributed by atoms with van der Waals surface area (Å²) in [6.07, 6.45) is 1.51. The number of phenolic OH excluding ortho intramolecular Hbond substituents is 1. The van der Waals surface area contributed by atoms with Gasteiger partial charge in [-0.25, -0.2) is 0 Å². The zero-order chi connectivity index (χ0) is 18.7. The molecule has 1 heterocycles. The predicted molar refractivity (Wildman–Crippen MR) is 104 cm³/mol. The van der Waals surface area contributed by atoms with Gasteiger partial charge in [0.05, 0.1) is 4.91 Å². The Bertz CT molecular complexity index is 912. The van der Waals surface area contributed by atoms with Crippen LogP contribution in [0.3, 0.4) is 0 Å². The molecule has 0 spiro atoms. The number of imide groups is 1. The van der Waals surface area contributed by atoms with Gasteiger partial charge in [0.1, 0.15) is 12.3 Å². The molecule has 0 radical (unpaired) electrons. The Labute approximate surface area is 162 Å². The molecule has 0 bridgehead atoms. The summed E-state index contributed by atoms with van der Waals surface area (Å²) in [5.41, 5.74) is 1.16. The van der Waals surface area contributed by atoms with Gasteiger partial charge in [-0.05, 0) is 59.8 Å². The van der Waals surface area contributed by atoms with E-state index >= 15 is 0 Å². The Morgan fingerprint density at radius 3 is 2.62 bits per heavy atom. The highest BCUT2D eigenvalue weighted by atomic mass is 79.9. The van der Waals surface area contributed by atoms with Gasteiger partial charge < -0.3 is 10.4 Å². The molecule has 0 saturated carbocycles. The zero-order valence-electron chi connectivity index (χ0n) is 13.3. The maximum Gasteiger partial charge on any atom is 0.294 e. The number of hydrogen-bond donors (Lipinski definition) is 2. The Hall–Kier alpha value is -2.58. The van der Waals surface area contributed by atoms with Crippen molar-refractivity contribution in [1.82, 2.24) is 4.90 Å². The lowest BCUT2D eigenvalue weighted by atomic mass is 10.2. The summed E-state index contributed by atoms with van der Waals surface area (Å²) < 4.78 is 0.874. The van der Waals surface area contributed by atoms with E-state index < -0.39 is 17.1 Å². The number of aromatic hydroxyl groups is 1. The number of rotatable bonds is 4. The molecule has 0 unspecified atom stereocenters. The summed E-state index contributed by atoms with van der Waals surface area (Å²) >= 11 is 4.07. The maximum absolute atomic E-state index is 12.4. The number of nitrogens with one attached hydrogen (secondary N) is 1. The van der Waals surface area contributed by atoms with Crippen LogP contribution in [0.1, 0.15) is 5.56 Å². The van der Waals surface area contributed by atoms with Gasteiger partial charge in [-0.2, -0.15) is 0 Å². The van der Waals surface area contributed by atoms with E-state index in [0.717, 1.165) is 21.1 Å². The number of carbonyl (C=O) groups is 3. The second-order valence-electron chi connectivity index (χ2n) is 5.42. The van der Waals surface area contributed by atoms with Gasteiger partial charge in [-0.3, -0.25) is 19.3 Å². The lowest BCUT2D eigenvalue weighted by Gasteiger charge is -2.12. The monoisotopic (exact) mass is 432 g/mol. The first-order chi connectivity index (χ1) is 12.4. The van der Waals surface area contributed by atoms with Crippen LogP contribution in [0.2, 0.25) is 0 Å². The smallest absolute Gasteiger partial charge is 0.294 e. The fourth-order valence-corrected chi connectivity index (χ4v) is 3.38. The molecule has 6 nitrogen and oxygen atoms in total. The molecular formula is C18H13BrN2O4S. The average molecular weight is 433 g/mol. The van der Waals surface area contributed by atoms with Crippen LogP contribution in [-0.2, 0) is 9.59 Å². The van der Waals surface area contributed by atoms with Crippen LogP contribution in [0, 0.1) is 0 Å². The first kappa shape index (κ1) is 18.2. The Morgan fingerprint density at radius 2 is 1.92 bits per heavy atom. The summed E-state index contributed by atoms with van der Waals surface area (Å²) in [5.74, 6) is -0.936. The van der Waals surface area contributed by atoms with Gasteiger partial charge in [0.15, 0.2) is 0 Å². The van der Waals surface area contributed by atoms with E-state index in [4.69, 9.17) is 0 Å². The number of halogens is 1. The number of thioether (sulfide) groups is 1. The van der Waals surface area contributed by atoms with Crippen molar-refractivity contribution in [3.63, 3.8) is 0 Å². The average Bonchev–Trinajstić information content (AvgIpc) is 2.84. The quantitative estimate of drug-likeness (QED) is 0.716. The van der Waals surface area contributed by atoms with Gasteiger partial charge >= 0.3 is 0 Å². The number of phenols is 1. The van der Waals surface area contributed by atoms with E-state index in [0.29, 0.717) is 11.3 Å². The normalized spacial score (nSPS) is 15.6. The molecule has 2 aromatic carbocycles. The molecule has 2 aromatic rings. The number of benzene rings is 2. The minimum atomic E-state index is -0.533. The minimum Gasteiger partial charge on any atom is -0.508 e. The molecular weight excluding hydrogens is 420 g/mol. The van der Waals surface area contributed by atoms with Gasteiger partial charge in [0.25, 0.3) is 11.1 Å². The second kappa shape index (κ2) is 7.76. The standard InChI is InChI=1S/C18H13BrN2O4S/c19-12-4-6-13(7-5-12)20-16(23)10-21-17(24)15(26-18(21)25)9-11-2-1-3-14(22)8-11/h1-9,22H,10H2,(H,20,23)/b15-9+. The SMILES string of the molecule is O=C(CN1C(=O)S/C(=C/c2cccc(O)c2)C1=O)Nc1ccc(Br)cc1. The lowest BCUT2D eigenvalue weighted by Crippen LogP contribution is -2.36. The van der Waals surface area contributed by atoms with Crippen molar-refractivity contribution in [1.29, 1.82) is 0 Å². The highest BCUT2D eigenvalue weighted by Crippen LogP contribution is 2.32. The summed E-state index contributed by atoms with van der Waals surface area (Å²) in [7, 11) is 0. The number of amides is 3. The molecule has 1 fully saturated rings. The number of carbonyl (C=O) groups excluding carboxylic acids is 3. The molecule has 1 aliphatic heterocycles. The van der Waals surface area contributed by atoms with Crippen LogP contribution in [0.25, 0.3) is 6.08 Å². The third-order valence-electron chi connectivity index (χ3n) is 3.47. The van der Waals surface area contributed by atoms with Crippen LogP contribution >= 0.6 is 27.7 Å². The van der Waals surface area contributed by atoms with Crippen LogP contribution in [0.5, 0.6) is 5.75 Å². The molecule has 26 heavy (non-hydrogen) atoms. The molecule has 0 aromatic heterocycles. The van der Waals surface area contributed by atoms with Crippen molar-refractivity contribution >= 4 is 56.5 Å². The summed E-state index contributed by atoms with van der Waals surface area (Å²) in [4.78, 5) is 37.7. The van der Waals surface area contributed by atoms with E-state index in [1.54, 1.807) is 36.4 Å². The van der Waals surface area contributed by atoms with Crippen LogP contribution in [-0.4, -0.2) is 33.6 Å². The Balaban J connectivity index is 1.69. The van der Waals surface area contributed by atoms with Crippen molar-refractivity contribution in [2.75, 3.05) is 11.9 Å². The number of anilines is 1. The Morgan fingerprint density at radius 1 is 1.19 bits per heavy atom. The molecule has 3 amide bonds.